The highest BCUT2D eigenvalue weighted by molar-refractivity contribution is 7.10. The molecule has 0 aliphatic heterocycles. The number of aromatic carboxylic acids is 1. The molecule has 1 saturated carbocycles. The van der Waals surface area contributed by atoms with E-state index in [9.17, 15) is 24.8 Å². The van der Waals surface area contributed by atoms with E-state index in [1.54, 1.807) is 17.4 Å². The van der Waals surface area contributed by atoms with Crippen molar-refractivity contribution < 1.29 is 19.6 Å². The summed E-state index contributed by atoms with van der Waals surface area (Å²) in [5, 5.41) is 26.0. The monoisotopic (exact) mass is 463 g/mol. The summed E-state index contributed by atoms with van der Waals surface area (Å²) in [4.78, 5) is 38.9. The predicted molar refractivity (Wildman–Crippen MR) is 126 cm³/mol. The molecule has 2 aromatic carbocycles. The molecule has 0 radical (unpaired) electrons. The van der Waals surface area contributed by atoms with E-state index in [4.69, 9.17) is 0 Å². The first-order valence-electron chi connectivity index (χ1n) is 10.4. The Morgan fingerprint density at radius 3 is 2.73 bits per heavy atom. The first-order chi connectivity index (χ1) is 15.9. The Hall–Kier alpha value is -3.85. The van der Waals surface area contributed by atoms with Gasteiger partial charge >= 0.3 is 5.97 Å². The zero-order chi connectivity index (χ0) is 23.4. The van der Waals surface area contributed by atoms with Crippen LogP contribution in [0.1, 0.15) is 57.4 Å². The maximum absolute atomic E-state index is 12.5. The van der Waals surface area contributed by atoms with Gasteiger partial charge in [-0.2, -0.15) is 0 Å². The number of nitrogens with one attached hydrogen (secondary N) is 1. The molecular weight excluding hydrogens is 442 g/mol. The number of amides is 1. The molecule has 9 heteroatoms. The van der Waals surface area contributed by atoms with Gasteiger partial charge in [0.2, 0.25) is 5.91 Å². The van der Waals surface area contributed by atoms with Gasteiger partial charge in [-0.15, -0.1) is 11.3 Å². The minimum atomic E-state index is -1.32. The lowest BCUT2D eigenvalue weighted by molar-refractivity contribution is -0.384. The standard InChI is InChI=1S/C24H21N3O5S/c28-22(12-17-8-9-19(27(31)32)13-20(17)24(29)30)25-18-6-1-3-15(11-18)7-10-23-26-21(14-33-23)16-4-2-5-16/h1,3,6-11,13-14,16H,2,4-5,12H2,(H,25,28)(H,29,30). The topological polar surface area (TPSA) is 122 Å². The van der Waals surface area contributed by atoms with E-state index in [1.165, 1.54) is 37.1 Å². The number of carboxylic acid groups (broad SMARTS) is 1. The van der Waals surface area contributed by atoms with Crippen molar-refractivity contribution in [3.05, 3.63) is 85.4 Å². The average Bonchev–Trinajstić information content (AvgIpc) is 3.19. The molecule has 1 aliphatic carbocycles. The molecule has 168 valence electrons. The number of carbonyl (C=O) groups is 2. The maximum atomic E-state index is 12.5. The summed E-state index contributed by atoms with van der Waals surface area (Å²) < 4.78 is 0. The summed E-state index contributed by atoms with van der Waals surface area (Å²) >= 11 is 1.61. The molecule has 1 fully saturated rings. The van der Waals surface area contributed by atoms with Gasteiger partial charge in [0.1, 0.15) is 5.01 Å². The number of carbonyl (C=O) groups excluding carboxylic acids is 1. The predicted octanol–water partition coefficient (Wildman–Crippen LogP) is 5.37. The van der Waals surface area contributed by atoms with Gasteiger partial charge < -0.3 is 10.4 Å². The molecular formula is C24H21N3O5S. The molecule has 8 nitrogen and oxygen atoms in total. The van der Waals surface area contributed by atoms with Gasteiger partial charge in [0.25, 0.3) is 5.69 Å². The zero-order valence-corrected chi connectivity index (χ0v) is 18.4. The molecule has 0 bridgehead atoms. The van der Waals surface area contributed by atoms with Crippen LogP contribution in [0.25, 0.3) is 12.2 Å². The number of nitro benzene ring substituents is 1. The van der Waals surface area contributed by atoms with Crippen LogP contribution in [-0.4, -0.2) is 26.9 Å². The fourth-order valence-corrected chi connectivity index (χ4v) is 4.36. The number of aromatic nitrogens is 1. The Balaban J connectivity index is 1.42. The largest absolute Gasteiger partial charge is 0.478 e. The van der Waals surface area contributed by atoms with Gasteiger partial charge in [-0.3, -0.25) is 14.9 Å². The van der Waals surface area contributed by atoms with Crippen molar-refractivity contribution in [1.29, 1.82) is 0 Å². The van der Waals surface area contributed by atoms with Gasteiger partial charge in [0, 0.05) is 29.1 Å². The molecule has 0 atom stereocenters. The minimum absolute atomic E-state index is 0.202. The Morgan fingerprint density at radius 1 is 1.21 bits per heavy atom. The van der Waals surface area contributed by atoms with Crippen molar-refractivity contribution in [1.82, 2.24) is 4.98 Å². The molecule has 0 unspecified atom stereocenters. The van der Waals surface area contributed by atoms with Crippen LogP contribution in [0.2, 0.25) is 0 Å². The molecule has 1 heterocycles. The van der Waals surface area contributed by atoms with Crippen molar-refractivity contribution in [2.24, 2.45) is 0 Å². The summed E-state index contributed by atoms with van der Waals surface area (Å²) in [5.74, 6) is -1.15. The average molecular weight is 464 g/mol. The zero-order valence-electron chi connectivity index (χ0n) is 17.6. The second-order valence-corrected chi connectivity index (χ2v) is 8.72. The number of anilines is 1. The van der Waals surface area contributed by atoms with E-state index in [1.807, 2.05) is 30.4 Å². The lowest BCUT2D eigenvalue weighted by atomic mass is 9.83. The van der Waals surface area contributed by atoms with E-state index in [-0.39, 0.29) is 23.2 Å². The van der Waals surface area contributed by atoms with E-state index in [0.717, 1.165) is 16.6 Å². The highest BCUT2D eigenvalue weighted by atomic mass is 32.1. The molecule has 1 aliphatic rings. The summed E-state index contributed by atoms with van der Waals surface area (Å²) in [6.07, 6.45) is 7.35. The van der Waals surface area contributed by atoms with Crippen LogP contribution >= 0.6 is 11.3 Å². The Bertz CT molecular complexity index is 1250. The summed E-state index contributed by atoms with van der Waals surface area (Å²) in [5.41, 5.74) is 2.22. The van der Waals surface area contributed by atoms with Crippen LogP contribution in [0.4, 0.5) is 11.4 Å². The number of non-ortho nitro benzene ring substituents is 1. The Morgan fingerprint density at radius 2 is 2.03 bits per heavy atom. The fourth-order valence-electron chi connectivity index (χ4n) is 3.57. The Labute approximate surface area is 193 Å². The molecule has 1 amide bonds. The summed E-state index contributed by atoms with van der Waals surface area (Å²) in [6.45, 7) is 0. The summed E-state index contributed by atoms with van der Waals surface area (Å²) in [6, 6.07) is 10.7. The molecule has 33 heavy (non-hydrogen) atoms. The number of hydrogen-bond acceptors (Lipinski definition) is 6. The van der Waals surface area contributed by atoms with Crippen molar-refractivity contribution >= 4 is 46.7 Å². The van der Waals surface area contributed by atoms with E-state index in [2.05, 4.69) is 15.7 Å². The molecule has 4 rings (SSSR count). The Kier molecular flexibility index (Phi) is 6.60. The number of carboxylic acids is 1. The number of nitrogens with zero attached hydrogens (tertiary/aromatic N) is 2. The third kappa shape index (κ3) is 5.50. The number of hydrogen-bond donors (Lipinski definition) is 2. The van der Waals surface area contributed by atoms with Crippen LogP contribution < -0.4 is 5.32 Å². The summed E-state index contributed by atoms with van der Waals surface area (Å²) in [7, 11) is 0. The molecule has 0 spiro atoms. The van der Waals surface area contributed by atoms with Crippen molar-refractivity contribution in [3.8, 4) is 0 Å². The highest BCUT2D eigenvalue weighted by Gasteiger charge is 2.21. The number of thiazole rings is 1. The maximum Gasteiger partial charge on any atom is 0.336 e. The molecule has 0 saturated heterocycles. The third-order valence-electron chi connectivity index (χ3n) is 5.54. The van der Waals surface area contributed by atoms with Gasteiger partial charge in [-0.05, 0) is 42.2 Å². The van der Waals surface area contributed by atoms with Crippen molar-refractivity contribution in [2.75, 3.05) is 5.32 Å². The third-order valence-corrected chi connectivity index (χ3v) is 6.37. The fraction of sp³-hybridized carbons (Fsp3) is 0.208. The van der Waals surface area contributed by atoms with Crippen LogP contribution in [0.15, 0.2) is 47.8 Å². The van der Waals surface area contributed by atoms with Crippen molar-refractivity contribution in [2.45, 2.75) is 31.6 Å². The smallest absolute Gasteiger partial charge is 0.336 e. The quantitative estimate of drug-likeness (QED) is 0.342. The highest BCUT2D eigenvalue weighted by Crippen LogP contribution is 2.36. The normalized spacial score (nSPS) is 13.6. The first-order valence-corrected chi connectivity index (χ1v) is 11.3. The second kappa shape index (κ2) is 9.74. The second-order valence-electron chi connectivity index (χ2n) is 7.83. The van der Waals surface area contributed by atoms with Gasteiger partial charge in [0.15, 0.2) is 0 Å². The minimum Gasteiger partial charge on any atom is -0.478 e. The van der Waals surface area contributed by atoms with E-state index < -0.39 is 16.8 Å². The van der Waals surface area contributed by atoms with Crippen LogP contribution in [0, 0.1) is 10.1 Å². The van der Waals surface area contributed by atoms with Crippen LogP contribution in [0.5, 0.6) is 0 Å². The molecule has 2 N–H and O–H groups in total. The first kappa shape index (κ1) is 22.3. The van der Waals surface area contributed by atoms with Crippen LogP contribution in [-0.2, 0) is 11.2 Å². The number of benzene rings is 2. The van der Waals surface area contributed by atoms with Gasteiger partial charge in [0.05, 0.1) is 22.6 Å². The van der Waals surface area contributed by atoms with Crippen LogP contribution in [0.3, 0.4) is 0 Å². The van der Waals surface area contributed by atoms with E-state index in [0.29, 0.717) is 11.6 Å². The molecule has 1 aromatic heterocycles. The lowest BCUT2D eigenvalue weighted by Crippen LogP contribution is -2.16. The van der Waals surface area contributed by atoms with Gasteiger partial charge in [-0.25, -0.2) is 9.78 Å². The van der Waals surface area contributed by atoms with E-state index >= 15 is 0 Å². The van der Waals surface area contributed by atoms with Crippen molar-refractivity contribution in [3.63, 3.8) is 0 Å². The van der Waals surface area contributed by atoms with Gasteiger partial charge in [-0.1, -0.05) is 30.7 Å². The number of nitro groups is 1. The molecule has 3 aromatic rings. The lowest BCUT2D eigenvalue weighted by Gasteiger charge is -2.22. The number of rotatable bonds is 8. The SMILES string of the molecule is O=C(Cc1ccc([N+](=O)[O-])cc1C(=O)O)Nc1cccc(C=Cc2nc(C3CCC3)cs2)c1.